The Labute approximate surface area is 200 Å². The highest BCUT2D eigenvalue weighted by Gasteiger charge is 2.66. The van der Waals surface area contributed by atoms with Crippen molar-refractivity contribution in [1.82, 2.24) is 4.90 Å². The predicted octanol–water partition coefficient (Wildman–Crippen LogP) is 5.38. The van der Waals surface area contributed by atoms with Crippen LogP contribution < -0.4 is 0 Å². The van der Waals surface area contributed by atoms with E-state index < -0.39 is 28.8 Å². The summed E-state index contributed by atoms with van der Waals surface area (Å²) in [5.74, 6) is -1.53. The molecule has 1 atom stereocenters. The molecule has 1 aliphatic rings. The number of esters is 2. The van der Waals surface area contributed by atoms with Crippen molar-refractivity contribution < 1.29 is 19.1 Å². The van der Waals surface area contributed by atoms with Crippen LogP contribution in [0.15, 0.2) is 59.6 Å². The fourth-order valence-corrected chi connectivity index (χ4v) is 4.36. The molecule has 0 spiro atoms. The Morgan fingerprint density at radius 2 is 1.55 bits per heavy atom. The number of halogens is 1. The van der Waals surface area contributed by atoms with Crippen LogP contribution in [0.3, 0.4) is 0 Å². The van der Waals surface area contributed by atoms with E-state index in [0.29, 0.717) is 23.1 Å². The van der Waals surface area contributed by atoms with Gasteiger partial charge in [0.25, 0.3) is 0 Å². The second-order valence-electron chi connectivity index (χ2n) is 8.91. The van der Waals surface area contributed by atoms with Crippen LogP contribution >= 0.6 is 11.6 Å². The first kappa shape index (κ1) is 24.8. The zero-order valence-electron chi connectivity index (χ0n) is 19.8. The Morgan fingerprint density at radius 3 is 2.03 bits per heavy atom. The fraction of sp³-hybridized carbons (Fsp3) is 0.423. The molecule has 1 aliphatic heterocycles. The molecule has 0 saturated carbocycles. The zero-order chi connectivity index (χ0) is 24.2. The van der Waals surface area contributed by atoms with Crippen LogP contribution in [0.4, 0.5) is 5.69 Å². The van der Waals surface area contributed by atoms with E-state index in [1.54, 1.807) is 38.1 Å². The fourth-order valence-electron chi connectivity index (χ4n) is 4.23. The van der Waals surface area contributed by atoms with Crippen molar-refractivity contribution in [3.8, 4) is 0 Å². The molecule has 0 aliphatic carbocycles. The minimum atomic E-state index is -1.75. The van der Waals surface area contributed by atoms with Gasteiger partial charge in [0.05, 0.1) is 18.9 Å². The van der Waals surface area contributed by atoms with Crippen molar-refractivity contribution in [3.63, 3.8) is 0 Å². The molecule has 176 valence electrons. The van der Waals surface area contributed by atoms with Gasteiger partial charge in [0.1, 0.15) is 5.84 Å². The number of carbonyl (C=O) groups is 2. The van der Waals surface area contributed by atoms with Crippen molar-refractivity contribution in [2.24, 2.45) is 10.4 Å². The van der Waals surface area contributed by atoms with Crippen molar-refractivity contribution >= 4 is 35.1 Å². The average Bonchev–Trinajstić information content (AvgIpc) is 3.12. The molecule has 33 heavy (non-hydrogen) atoms. The number of nitrogens with zero attached hydrogens (tertiary/aromatic N) is 2. The largest absolute Gasteiger partial charge is 0.465 e. The molecule has 2 aromatic rings. The number of benzene rings is 2. The Balaban J connectivity index is 2.36. The molecule has 7 heteroatoms. The smallest absolute Gasteiger partial charge is 0.332 e. The summed E-state index contributed by atoms with van der Waals surface area (Å²) in [5, 5.41) is 0.572. The summed E-state index contributed by atoms with van der Waals surface area (Å²) < 4.78 is 11.1. The first-order valence-electron chi connectivity index (χ1n) is 11.2. The maximum absolute atomic E-state index is 13.7. The molecular formula is C26H31ClN2O4. The lowest BCUT2D eigenvalue weighted by atomic mass is 9.73. The second-order valence-corrected chi connectivity index (χ2v) is 9.34. The van der Waals surface area contributed by atoms with Gasteiger partial charge in [-0.15, -0.1) is 0 Å². The van der Waals surface area contributed by atoms with Gasteiger partial charge in [-0.3, -0.25) is 9.59 Å². The summed E-state index contributed by atoms with van der Waals surface area (Å²) in [6, 6.07) is 16.5. The molecule has 0 amide bonds. The first-order chi connectivity index (χ1) is 15.7. The van der Waals surface area contributed by atoms with E-state index >= 15 is 0 Å². The molecule has 0 radical (unpaired) electrons. The van der Waals surface area contributed by atoms with Crippen molar-refractivity contribution in [3.05, 3.63) is 65.2 Å². The molecule has 0 aromatic heterocycles. The number of hydrogen-bond acceptors (Lipinski definition) is 5. The Hall–Kier alpha value is -2.86. The molecule has 0 N–H and O–H groups in total. The summed E-state index contributed by atoms with van der Waals surface area (Å²) >= 11 is 6.07. The predicted molar refractivity (Wildman–Crippen MR) is 130 cm³/mol. The van der Waals surface area contributed by atoms with E-state index in [1.165, 1.54) is 0 Å². The standard InChI is InChI=1S/C26H31ClN2O4/c1-6-32-23(30)26(24(31)33-7-2)21(18-11-9-8-10-12-18)17-29(25(3,4)5)22(26)28-20-15-13-19(27)14-16-20/h8-16,21H,6-7,17H2,1-5H3. The van der Waals surface area contributed by atoms with Gasteiger partial charge in [0.15, 0.2) is 0 Å². The third-order valence-corrected chi connectivity index (χ3v) is 6.02. The monoisotopic (exact) mass is 470 g/mol. The lowest BCUT2D eigenvalue weighted by molar-refractivity contribution is -0.167. The molecule has 2 aromatic carbocycles. The normalized spacial score (nSPS) is 18.9. The van der Waals surface area contributed by atoms with Gasteiger partial charge in [-0.05, 0) is 64.4 Å². The topological polar surface area (TPSA) is 68.2 Å². The lowest BCUT2D eigenvalue weighted by Gasteiger charge is -2.36. The highest BCUT2D eigenvalue weighted by molar-refractivity contribution is 6.30. The third-order valence-electron chi connectivity index (χ3n) is 5.76. The van der Waals surface area contributed by atoms with E-state index in [4.69, 9.17) is 26.1 Å². The van der Waals surface area contributed by atoms with Gasteiger partial charge >= 0.3 is 11.9 Å². The maximum Gasteiger partial charge on any atom is 0.332 e. The van der Waals surface area contributed by atoms with Crippen molar-refractivity contribution in [2.75, 3.05) is 19.8 Å². The van der Waals surface area contributed by atoms with E-state index in [2.05, 4.69) is 0 Å². The quantitative estimate of drug-likeness (QED) is 0.418. The Kier molecular flexibility index (Phi) is 7.48. The van der Waals surface area contributed by atoms with Crippen LogP contribution in [0.1, 0.15) is 46.1 Å². The maximum atomic E-state index is 13.7. The summed E-state index contributed by atoms with van der Waals surface area (Å²) in [6.07, 6.45) is 0. The molecule has 1 heterocycles. The van der Waals surface area contributed by atoms with Gasteiger partial charge in [0, 0.05) is 23.0 Å². The Morgan fingerprint density at radius 1 is 1.00 bits per heavy atom. The van der Waals surface area contributed by atoms with Crippen LogP contribution in [0, 0.1) is 5.41 Å². The SMILES string of the molecule is CCOC(=O)C1(C(=O)OCC)C(=Nc2ccc(Cl)cc2)N(C(C)(C)C)CC1c1ccccc1. The zero-order valence-corrected chi connectivity index (χ0v) is 20.6. The van der Waals surface area contributed by atoms with Crippen LogP contribution in [-0.2, 0) is 19.1 Å². The molecule has 1 saturated heterocycles. The summed E-state index contributed by atoms with van der Waals surface area (Å²) in [4.78, 5) is 34.4. The number of amidine groups is 1. The molecule has 1 fully saturated rings. The minimum Gasteiger partial charge on any atom is -0.465 e. The lowest BCUT2D eigenvalue weighted by Crippen LogP contribution is -2.53. The van der Waals surface area contributed by atoms with E-state index in [1.807, 2.05) is 56.0 Å². The van der Waals surface area contributed by atoms with Crippen LogP contribution in [0.25, 0.3) is 0 Å². The average molecular weight is 471 g/mol. The Bertz CT molecular complexity index is 995. The molecule has 3 rings (SSSR count). The molecule has 0 bridgehead atoms. The minimum absolute atomic E-state index is 0.130. The second kappa shape index (κ2) is 9.96. The summed E-state index contributed by atoms with van der Waals surface area (Å²) in [7, 11) is 0. The number of ether oxygens (including phenoxy) is 2. The van der Waals surface area contributed by atoms with E-state index in [0.717, 1.165) is 5.56 Å². The van der Waals surface area contributed by atoms with Gasteiger partial charge in [-0.25, -0.2) is 4.99 Å². The molecular weight excluding hydrogens is 440 g/mol. The number of likely N-dealkylation sites (tertiary alicyclic amines) is 1. The van der Waals surface area contributed by atoms with E-state index in [-0.39, 0.29) is 13.2 Å². The number of carbonyl (C=O) groups excluding carboxylic acids is 2. The number of hydrogen-bond donors (Lipinski definition) is 0. The number of rotatable bonds is 6. The third kappa shape index (κ3) is 4.76. The highest BCUT2D eigenvalue weighted by Crippen LogP contribution is 2.49. The van der Waals surface area contributed by atoms with Gasteiger partial charge in [0.2, 0.25) is 5.41 Å². The van der Waals surface area contributed by atoms with Crippen LogP contribution in [0.2, 0.25) is 5.02 Å². The number of aliphatic imine (C=N–C) groups is 1. The van der Waals surface area contributed by atoms with Crippen LogP contribution in [0.5, 0.6) is 0 Å². The summed E-state index contributed by atoms with van der Waals surface area (Å²) in [6.45, 7) is 10.2. The van der Waals surface area contributed by atoms with Gasteiger partial charge in [-0.2, -0.15) is 0 Å². The van der Waals surface area contributed by atoms with Gasteiger partial charge in [-0.1, -0.05) is 41.9 Å². The van der Waals surface area contributed by atoms with Crippen LogP contribution in [-0.4, -0.2) is 48.0 Å². The van der Waals surface area contributed by atoms with E-state index in [9.17, 15) is 9.59 Å². The summed E-state index contributed by atoms with van der Waals surface area (Å²) in [5.41, 5.74) is -0.760. The highest BCUT2D eigenvalue weighted by atomic mass is 35.5. The molecule has 1 unspecified atom stereocenters. The van der Waals surface area contributed by atoms with Gasteiger partial charge < -0.3 is 14.4 Å². The first-order valence-corrected chi connectivity index (χ1v) is 11.6. The van der Waals surface area contributed by atoms with Crippen molar-refractivity contribution in [1.29, 1.82) is 0 Å². The molecule has 6 nitrogen and oxygen atoms in total. The van der Waals surface area contributed by atoms with Crippen molar-refractivity contribution in [2.45, 2.75) is 46.1 Å².